The summed E-state index contributed by atoms with van der Waals surface area (Å²) in [5.74, 6) is 0.238. The minimum atomic E-state index is -0.448. The maximum absolute atomic E-state index is 11.0. The van der Waals surface area contributed by atoms with Crippen molar-refractivity contribution >= 4 is 27.3 Å². The van der Waals surface area contributed by atoms with Crippen molar-refractivity contribution in [1.82, 2.24) is 0 Å². The van der Waals surface area contributed by atoms with E-state index in [4.69, 9.17) is 4.74 Å². The van der Waals surface area contributed by atoms with E-state index in [0.717, 1.165) is 4.47 Å². The summed E-state index contributed by atoms with van der Waals surface area (Å²) in [6.45, 7) is 3.83. The number of hydrogen-bond acceptors (Lipinski definition) is 4. The van der Waals surface area contributed by atoms with E-state index in [1.54, 1.807) is 12.1 Å². The fourth-order valence-electron chi connectivity index (χ4n) is 1.34. The quantitative estimate of drug-likeness (QED) is 0.683. The molecule has 0 aliphatic carbocycles. The predicted molar refractivity (Wildman–Crippen MR) is 66.1 cm³/mol. The van der Waals surface area contributed by atoms with Crippen LogP contribution in [0.1, 0.15) is 13.8 Å². The Bertz CT molecular complexity index is 407. The van der Waals surface area contributed by atoms with Gasteiger partial charge in [0, 0.05) is 16.6 Å². The first-order valence-electron chi connectivity index (χ1n) is 4.74. The first kappa shape index (κ1) is 12.8. The van der Waals surface area contributed by atoms with Crippen molar-refractivity contribution in [3.8, 4) is 5.75 Å². The van der Waals surface area contributed by atoms with Crippen LogP contribution >= 0.6 is 15.9 Å². The van der Waals surface area contributed by atoms with Crippen LogP contribution in [0.4, 0.5) is 11.4 Å². The molecule has 0 heterocycles. The second kappa shape index (κ2) is 5.16. The fourth-order valence-corrected chi connectivity index (χ4v) is 1.78. The molecule has 0 radical (unpaired) electrons. The Labute approximate surface area is 102 Å². The van der Waals surface area contributed by atoms with Gasteiger partial charge in [-0.2, -0.15) is 0 Å². The van der Waals surface area contributed by atoms with Gasteiger partial charge in [-0.15, -0.1) is 0 Å². The van der Waals surface area contributed by atoms with Gasteiger partial charge in [-0.1, -0.05) is 15.9 Å². The summed E-state index contributed by atoms with van der Waals surface area (Å²) < 4.78 is 5.73. The molecule has 0 saturated heterocycles. The summed E-state index contributed by atoms with van der Waals surface area (Å²) in [4.78, 5) is 10.5. The average molecular weight is 289 g/mol. The Balaban J connectivity index is 3.32. The number of nitro benzene ring substituents is 1. The topological polar surface area (TPSA) is 64.4 Å². The minimum Gasteiger partial charge on any atom is -0.490 e. The van der Waals surface area contributed by atoms with Gasteiger partial charge >= 0.3 is 5.69 Å². The Morgan fingerprint density at radius 1 is 1.50 bits per heavy atom. The molecule has 0 bridgehead atoms. The molecule has 0 atom stereocenters. The molecular weight excluding hydrogens is 276 g/mol. The van der Waals surface area contributed by atoms with E-state index in [0.29, 0.717) is 5.69 Å². The Morgan fingerprint density at radius 2 is 2.12 bits per heavy atom. The van der Waals surface area contributed by atoms with Crippen molar-refractivity contribution in [2.75, 3.05) is 12.4 Å². The monoisotopic (exact) mass is 288 g/mol. The average Bonchev–Trinajstić information content (AvgIpc) is 2.14. The Kier molecular flexibility index (Phi) is 4.12. The van der Waals surface area contributed by atoms with Gasteiger partial charge in [0.15, 0.2) is 5.75 Å². The lowest BCUT2D eigenvalue weighted by molar-refractivity contribution is -0.384. The Morgan fingerprint density at radius 3 is 2.56 bits per heavy atom. The van der Waals surface area contributed by atoms with E-state index < -0.39 is 4.92 Å². The molecule has 16 heavy (non-hydrogen) atoms. The van der Waals surface area contributed by atoms with Gasteiger partial charge in [-0.25, -0.2) is 0 Å². The number of methoxy groups -OCH3 is 1. The number of nitro groups is 1. The highest BCUT2D eigenvalue weighted by atomic mass is 79.9. The number of ether oxygens (including phenoxy) is 1. The number of nitrogens with zero attached hydrogens (tertiary/aromatic N) is 1. The standard InChI is InChI=1S/C10H13BrN2O3/c1-6(2)12-8-4-7(11)5-9(16-3)10(8)13(14)15/h4-6,12H,1-3H3. The maximum Gasteiger partial charge on any atom is 0.333 e. The van der Waals surface area contributed by atoms with Crippen LogP contribution in [-0.4, -0.2) is 18.1 Å². The molecule has 0 spiro atoms. The van der Waals surface area contributed by atoms with Crippen molar-refractivity contribution in [2.24, 2.45) is 0 Å². The lowest BCUT2D eigenvalue weighted by atomic mass is 10.2. The first-order valence-corrected chi connectivity index (χ1v) is 5.53. The third-order valence-electron chi connectivity index (χ3n) is 1.89. The summed E-state index contributed by atoms with van der Waals surface area (Å²) in [7, 11) is 1.41. The molecule has 0 aliphatic heterocycles. The summed E-state index contributed by atoms with van der Waals surface area (Å²) in [6, 6.07) is 3.35. The number of anilines is 1. The maximum atomic E-state index is 11.0. The molecule has 0 saturated carbocycles. The second-order valence-electron chi connectivity index (χ2n) is 3.56. The minimum absolute atomic E-state index is 0.0422. The van der Waals surface area contributed by atoms with Gasteiger partial charge in [0.25, 0.3) is 0 Å². The molecule has 6 heteroatoms. The van der Waals surface area contributed by atoms with Crippen LogP contribution in [0.15, 0.2) is 16.6 Å². The number of hydrogen-bond donors (Lipinski definition) is 1. The van der Waals surface area contributed by atoms with Crippen molar-refractivity contribution in [1.29, 1.82) is 0 Å². The normalized spacial score (nSPS) is 10.3. The number of benzene rings is 1. The smallest absolute Gasteiger partial charge is 0.333 e. The van der Waals surface area contributed by atoms with Crippen LogP contribution in [-0.2, 0) is 0 Å². The van der Waals surface area contributed by atoms with Crippen LogP contribution in [0.5, 0.6) is 5.75 Å². The molecule has 0 aliphatic rings. The van der Waals surface area contributed by atoms with E-state index in [9.17, 15) is 10.1 Å². The molecule has 1 N–H and O–H groups in total. The zero-order chi connectivity index (χ0) is 12.3. The molecule has 0 amide bonds. The number of halogens is 1. The molecule has 0 fully saturated rings. The first-order chi connectivity index (χ1) is 7.45. The third-order valence-corrected chi connectivity index (χ3v) is 2.34. The van der Waals surface area contributed by atoms with E-state index in [1.165, 1.54) is 7.11 Å². The highest BCUT2D eigenvalue weighted by Gasteiger charge is 2.22. The van der Waals surface area contributed by atoms with Gasteiger partial charge < -0.3 is 10.1 Å². The third kappa shape index (κ3) is 2.85. The van der Waals surface area contributed by atoms with Crippen LogP contribution in [0.25, 0.3) is 0 Å². The van der Waals surface area contributed by atoms with Crippen molar-refractivity contribution in [2.45, 2.75) is 19.9 Å². The van der Waals surface area contributed by atoms with Crippen molar-refractivity contribution in [3.05, 3.63) is 26.7 Å². The summed E-state index contributed by atoms with van der Waals surface area (Å²) in [6.07, 6.45) is 0. The van der Waals surface area contributed by atoms with E-state index in [1.807, 2.05) is 13.8 Å². The second-order valence-corrected chi connectivity index (χ2v) is 4.48. The molecule has 0 unspecified atom stereocenters. The lowest BCUT2D eigenvalue weighted by Crippen LogP contribution is -2.11. The van der Waals surface area contributed by atoms with Crippen LogP contribution in [0, 0.1) is 10.1 Å². The number of rotatable bonds is 4. The highest BCUT2D eigenvalue weighted by molar-refractivity contribution is 9.10. The predicted octanol–water partition coefficient (Wildman–Crippen LogP) is 3.19. The van der Waals surface area contributed by atoms with Crippen LogP contribution in [0.2, 0.25) is 0 Å². The molecule has 88 valence electrons. The van der Waals surface area contributed by atoms with Gasteiger partial charge in [-0.3, -0.25) is 10.1 Å². The lowest BCUT2D eigenvalue weighted by Gasteiger charge is -2.12. The van der Waals surface area contributed by atoms with Crippen molar-refractivity contribution in [3.63, 3.8) is 0 Å². The van der Waals surface area contributed by atoms with Gasteiger partial charge in [-0.05, 0) is 19.9 Å². The van der Waals surface area contributed by atoms with Gasteiger partial charge in [0.05, 0.1) is 12.0 Å². The van der Waals surface area contributed by atoms with Gasteiger partial charge in [0.1, 0.15) is 5.69 Å². The molecule has 1 aromatic rings. The molecule has 1 aromatic carbocycles. The summed E-state index contributed by atoms with van der Waals surface area (Å²) in [5, 5.41) is 14.0. The molecule has 5 nitrogen and oxygen atoms in total. The zero-order valence-corrected chi connectivity index (χ0v) is 10.9. The largest absolute Gasteiger partial charge is 0.490 e. The summed E-state index contributed by atoms with van der Waals surface area (Å²) in [5.41, 5.74) is 0.408. The molecule has 1 rings (SSSR count). The number of nitrogens with one attached hydrogen (secondary N) is 1. The molecular formula is C10H13BrN2O3. The Hall–Kier alpha value is -1.30. The highest BCUT2D eigenvalue weighted by Crippen LogP contribution is 2.38. The summed E-state index contributed by atoms with van der Waals surface area (Å²) >= 11 is 3.28. The van der Waals surface area contributed by atoms with Crippen molar-refractivity contribution < 1.29 is 9.66 Å². The van der Waals surface area contributed by atoms with E-state index in [2.05, 4.69) is 21.2 Å². The van der Waals surface area contributed by atoms with Crippen LogP contribution in [0.3, 0.4) is 0 Å². The zero-order valence-electron chi connectivity index (χ0n) is 9.28. The van der Waals surface area contributed by atoms with E-state index in [-0.39, 0.29) is 17.5 Å². The SMILES string of the molecule is COc1cc(Br)cc(NC(C)C)c1[N+](=O)[O-]. The fraction of sp³-hybridized carbons (Fsp3) is 0.400. The van der Waals surface area contributed by atoms with Crippen LogP contribution < -0.4 is 10.1 Å². The molecule has 0 aromatic heterocycles. The van der Waals surface area contributed by atoms with E-state index >= 15 is 0 Å². The van der Waals surface area contributed by atoms with Gasteiger partial charge in [0.2, 0.25) is 0 Å².